The molecule has 0 N–H and O–H groups in total. The Labute approximate surface area is 99.8 Å². The van der Waals surface area contributed by atoms with Gasteiger partial charge < -0.3 is 9.15 Å². The van der Waals surface area contributed by atoms with Crippen molar-refractivity contribution >= 4 is 16.9 Å². The zero-order valence-corrected chi connectivity index (χ0v) is 9.54. The molecule has 4 nitrogen and oxygen atoms in total. The molecule has 0 spiro atoms. The zero-order chi connectivity index (χ0) is 13.4. The van der Waals surface area contributed by atoms with Crippen LogP contribution < -0.4 is 10.4 Å². The Morgan fingerprint density at radius 1 is 1.33 bits per heavy atom. The molecule has 0 atom stereocenters. The van der Waals surface area contributed by atoms with Gasteiger partial charge in [0.1, 0.15) is 0 Å². The summed E-state index contributed by atoms with van der Waals surface area (Å²) in [5.41, 5.74) is -0.828. The largest absolute Gasteiger partial charge is 0.420 e. The number of aryl methyl sites for hydroxylation is 1. The Bertz CT molecular complexity index is 703. The van der Waals surface area contributed by atoms with Crippen molar-refractivity contribution in [3.05, 3.63) is 39.8 Å². The van der Waals surface area contributed by atoms with E-state index in [4.69, 9.17) is 0 Å². The van der Waals surface area contributed by atoms with Crippen LogP contribution in [0.25, 0.3) is 11.0 Å². The number of carbonyl (C=O) groups excluding carboxylic acids is 1. The minimum Gasteiger partial charge on any atom is -0.420 e. The number of rotatable bonds is 1. The minimum atomic E-state index is -1.21. The Morgan fingerprint density at radius 2 is 2.00 bits per heavy atom. The van der Waals surface area contributed by atoms with Crippen molar-refractivity contribution in [1.29, 1.82) is 0 Å². The van der Waals surface area contributed by atoms with E-state index in [1.807, 2.05) is 0 Å². The number of hydrogen-bond acceptors (Lipinski definition) is 4. The van der Waals surface area contributed by atoms with Crippen molar-refractivity contribution in [3.63, 3.8) is 0 Å². The highest BCUT2D eigenvalue weighted by atomic mass is 19.1. The Morgan fingerprint density at radius 3 is 2.61 bits per heavy atom. The Kier molecular flexibility index (Phi) is 2.86. The molecule has 1 heterocycles. The molecule has 94 valence electrons. The van der Waals surface area contributed by atoms with Crippen LogP contribution in [0.2, 0.25) is 0 Å². The van der Waals surface area contributed by atoms with Crippen molar-refractivity contribution in [2.24, 2.45) is 0 Å². The van der Waals surface area contributed by atoms with Gasteiger partial charge in [0.15, 0.2) is 11.4 Å². The molecule has 2 aromatic rings. The normalized spacial score (nSPS) is 10.7. The monoisotopic (exact) mass is 254 g/mol. The van der Waals surface area contributed by atoms with Crippen LogP contribution >= 0.6 is 0 Å². The van der Waals surface area contributed by atoms with Crippen molar-refractivity contribution in [1.82, 2.24) is 0 Å². The SMILES string of the molecule is CC(=O)Oc1c(F)cc2c(C)cc(=O)oc2c1F. The molecule has 0 saturated carbocycles. The maximum atomic E-state index is 13.9. The summed E-state index contributed by atoms with van der Waals surface area (Å²) in [7, 11) is 0. The Hall–Kier alpha value is -2.24. The van der Waals surface area contributed by atoms with Crippen LogP contribution in [0.4, 0.5) is 8.78 Å². The fourth-order valence-corrected chi connectivity index (χ4v) is 1.60. The van der Waals surface area contributed by atoms with Crippen LogP contribution in [-0.4, -0.2) is 5.97 Å². The van der Waals surface area contributed by atoms with Gasteiger partial charge in [-0.3, -0.25) is 4.79 Å². The van der Waals surface area contributed by atoms with Crippen LogP contribution in [0.1, 0.15) is 12.5 Å². The molecule has 6 heteroatoms. The lowest BCUT2D eigenvalue weighted by atomic mass is 10.1. The lowest BCUT2D eigenvalue weighted by Crippen LogP contribution is -2.07. The van der Waals surface area contributed by atoms with Crippen LogP contribution in [0.3, 0.4) is 0 Å². The first-order valence-corrected chi connectivity index (χ1v) is 5.01. The fourth-order valence-electron chi connectivity index (χ4n) is 1.60. The van der Waals surface area contributed by atoms with E-state index in [2.05, 4.69) is 9.15 Å². The van der Waals surface area contributed by atoms with Gasteiger partial charge in [0, 0.05) is 18.4 Å². The fraction of sp³-hybridized carbons (Fsp3) is 0.167. The molecule has 18 heavy (non-hydrogen) atoms. The maximum absolute atomic E-state index is 13.9. The van der Waals surface area contributed by atoms with Gasteiger partial charge in [0.05, 0.1) is 0 Å². The van der Waals surface area contributed by atoms with Gasteiger partial charge in [-0.25, -0.2) is 9.18 Å². The van der Waals surface area contributed by atoms with E-state index < -0.39 is 34.6 Å². The van der Waals surface area contributed by atoms with E-state index in [0.717, 1.165) is 19.1 Å². The molecule has 0 radical (unpaired) electrons. The van der Waals surface area contributed by atoms with Crippen LogP contribution in [0, 0.1) is 18.6 Å². The van der Waals surface area contributed by atoms with Crippen molar-refractivity contribution in [2.45, 2.75) is 13.8 Å². The molecule has 0 fully saturated rings. The molecule has 0 aliphatic rings. The van der Waals surface area contributed by atoms with Gasteiger partial charge in [-0.15, -0.1) is 0 Å². The number of esters is 1. The number of ether oxygens (including phenoxy) is 1. The standard InChI is InChI=1S/C12H8F2O4/c1-5-3-9(16)18-11-7(5)4-8(13)12(10(11)14)17-6(2)15/h3-4H,1-2H3. The summed E-state index contributed by atoms with van der Waals surface area (Å²) in [6.07, 6.45) is 0. The van der Waals surface area contributed by atoms with Crippen molar-refractivity contribution < 1.29 is 22.7 Å². The smallest absolute Gasteiger partial charge is 0.336 e. The summed E-state index contributed by atoms with van der Waals surface area (Å²) in [6, 6.07) is 2.07. The molecular weight excluding hydrogens is 246 g/mol. The predicted octanol–water partition coefficient (Wildman–Crippen LogP) is 2.30. The lowest BCUT2D eigenvalue weighted by molar-refractivity contribution is -0.132. The van der Waals surface area contributed by atoms with E-state index in [0.29, 0.717) is 5.56 Å². The van der Waals surface area contributed by atoms with Gasteiger partial charge in [0.25, 0.3) is 0 Å². The van der Waals surface area contributed by atoms with E-state index in [1.54, 1.807) is 0 Å². The van der Waals surface area contributed by atoms with E-state index in [1.165, 1.54) is 6.92 Å². The second-order valence-corrected chi connectivity index (χ2v) is 3.72. The lowest BCUT2D eigenvalue weighted by Gasteiger charge is -2.07. The van der Waals surface area contributed by atoms with Crippen molar-refractivity contribution in [3.8, 4) is 5.75 Å². The van der Waals surface area contributed by atoms with Crippen LogP contribution in [0.5, 0.6) is 5.75 Å². The molecule has 1 aromatic carbocycles. The highest BCUT2D eigenvalue weighted by Crippen LogP contribution is 2.30. The molecule has 0 unspecified atom stereocenters. The van der Waals surface area contributed by atoms with Gasteiger partial charge in [-0.2, -0.15) is 4.39 Å². The first-order valence-electron chi connectivity index (χ1n) is 5.01. The molecule has 0 bridgehead atoms. The summed E-state index contributed by atoms with van der Waals surface area (Å²) in [5, 5.41) is 0.112. The molecule has 2 rings (SSSR count). The summed E-state index contributed by atoms with van der Waals surface area (Å²) < 4.78 is 36.6. The second-order valence-electron chi connectivity index (χ2n) is 3.72. The molecule has 0 aliphatic heterocycles. The number of halogens is 2. The quantitative estimate of drug-likeness (QED) is 0.445. The number of fused-ring (bicyclic) bond motifs is 1. The van der Waals surface area contributed by atoms with E-state index in [-0.39, 0.29) is 5.39 Å². The molecular formula is C12H8F2O4. The third-order valence-corrected chi connectivity index (χ3v) is 2.34. The second kappa shape index (κ2) is 4.21. The highest BCUT2D eigenvalue weighted by Gasteiger charge is 2.20. The molecule has 0 saturated heterocycles. The van der Waals surface area contributed by atoms with E-state index >= 15 is 0 Å². The number of hydrogen-bond donors (Lipinski definition) is 0. The van der Waals surface area contributed by atoms with Gasteiger partial charge in [-0.1, -0.05) is 0 Å². The van der Waals surface area contributed by atoms with Crippen molar-refractivity contribution in [2.75, 3.05) is 0 Å². The maximum Gasteiger partial charge on any atom is 0.336 e. The summed E-state index contributed by atoms with van der Waals surface area (Å²) in [4.78, 5) is 21.9. The van der Waals surface area contributed by atoms with E-state index in [9.17, 15) is 18.4 Å². The van der Waals surface area contributed by atoms with Crippen LogP contribution in [-0.2, 0) is 4.79 Å². The van der Waals surface area contributed by atoms with Crippen LogP contribution in [0.15, 0.2) is 21.3 Å². The van der Waals surface area contributed by atoms with Gasteiger partial charge in [-0.05, 0) is 18.6 Å². The molecule has 0 aliphatic carbocycles. The first kappa shape index (κ1) is 12.2. The zero-order valence-electron chi connectivity index (χ0n) is 9.54. The van der Waals surface area contributed by atoms with Gasteiger partial charge in [0.2, 0.25) is 11.6 Å². The summed E-state index contributed by atoms with van der Waals surface area (Å²) in [5.74, 6) is -3.99. The predicted molar refractivity (Wildman–Crippen MR) is 58.4 cm³/mol. The minimum absolute atomic E-state index is 0.112. The Balaban J connectivity index is 2.84. The first-order chi connectivity index (χ1) is 8.40. The molecule has 0 amide bonds. The third kappa shape index (κ3) is 1.97. The third-order valence-electron chi connectivity index (χ3n) is 2.34. The topological polar surface area (TPSA) is 56.5 Å². The number of carbonyl (C=O) groups is 1. The summed E-state index contributed by atoms with van der Waals surface area (Å²) >= 11 is 0. The number of benzene rings is 1. The summed E-state index contributed by atoms with van der Waals surface area (Å²) in [6.45, 7) is 2.53. The highest BCUT2D eigenvalue weighted by molar-refractivity contribution is 5.83. The van der Waals surface area contributed by atoms with Gasteiger partial charge >= 0.3 is 11.6 Å². The average molecular weight is 254 g/mol. The molecule has 1 aromatic heterocycles. The average Bonchev–Trinajstić information content (AvgIpc) is 2.26.